The second kappa shape index (κ2) is 9.63. The summed E-state index contributed by atoms with van der Waals surface area (Å²) in [6.07, 6.45) is 5.05. The van der Waals surface area contributed by atoms with Gasteiger partial charge in [-0.15, -0.1) is 23.1 Å². The van der Waals surface area contributed by atoms with Crippen molar-refractivity contribution in [3.8, 4) is 0 Å². The molecule has 0 aromatic carbocycles. The van der Waals surface area contributed by atoms with Crippen molar-refractivity contribution >= 4 is 69.1 Å². The molecule has 3 aromatic heterocycles. The van der Waals surface area contributed by atoms with Gasteiger partial charge in [-0.3, -0.25) is 14.5 Å². The minimum absolute atomic E-state index is 0.0651. The Balaban J connectivity index is 1.30. The van der Waals surface area contributed by atoms with Crippen molar-refractivity contribution in [3.05, 3.63) is 58.4 Å². The van der Waals surface area contributed by atoms with Crippen LogP contribution in [0.1, 0.15) is 5.69 Å². The lowest BCUT2D eigenvalue weighted by Gasteiger charge is -2.49. The fourth-order valence-electron chi connectivity index (χ4n) is 3.64. The maximum absolute atomic E-state index is 12.9. The summed E-state index contributed by atoms with van der Waals surface area (Å²) in [5.41, 5.74) is 6.22. The van der Waals surface area contributed by atoms with Crippen molar-refractivity contribution in [1.29, 1.82) is 0 Å². The fourth-order valence-corrected chi connectivity index (χ4v) is 6.16. The molecule has 2 amide bonds. The lowest BCUT2D eigenvalue weighted by Crippen LogP contribution is -2.71. The number of aliphatic carboxylic acids is 1. The summed E-state index contributed by atoms with van der Waals surface area (Å²) in [6.45, 7) is 0. The highest BCUT2D eigenvalue weighted by atomic mass is 32.2. The number of aromatic nitrogens is 4. The third-order valence-corrected chi connectivity index (χ3v) is 7.97. The number of thioether (sulfide) groups is 2. The number of allylic oxidation sites excluding steroid dienone is 1. The number of hydrogen-bond donors (Lipinski definition) is 4. The molecule has 36 heavy (non-hydrogen) atoms. The van der Waals surface area contributed by atoms with Gasteiger partial charge in [0.1, 0.15) is 27.8 Å². The molecule has 0 unspecified atom stereocenters. The number of carbonyl (C=O) groups excluding carboxylic acids is 2. The minimum atomic E-state index is -1.25. The van der Waals surface area contributed by atoms with Gasteiger partial charge in [0.15, 0.2) is 16.5 Å². The number of carbonyl (C=O) groups is 3. The number of carboxylic acid groups (broad SMARTS) is 1. The van der Waals surface area contributed by atoms with E-state index in [0.29, 0.717) is 22.0 Å². The van der Waals surface area contributed by atoms with Gasteiger partial charge in [-0.05, 0) is 23.1 Å². The number of hydrogen-bond acceptors (Lipinski definition) is 12. The molecule has 184 valence electrons. The summed E-state index contributed by atoms with van der Waals surface area (Å²) in [5.74, 6) is -2.36. The molecular weight excluding hydrogens is 528 g/mol. The van der Waals surface area contributed by atoms with Crippen LogP contribution in [0.2, 0.25) is 0 Å². The van der Waals surface area contributed by atoms with Crippen molar-refractivity contribution in [3.63, 3.8) is 0 Å². The topological polar surface area (TPSA) is 188 Å². The van der Waals surface area contributed by atoms with Crippen molar-refractivity contribution in [1.82, 2.24) is 29.8 Å². The van der Waals surface area contributed by atoms with E-state index in [-0.39, 0.29) is 16.5 Å². The number of nitrogens with zero attached hydrogens (tertiary/aromatic N) is 6. The third kappa shape index (κ3) is 4.29. The van der Waals surface area contributed by atoms with Gasteiger partial charge in [0.25, 0.3) is 11.8 Å². The number of β-lactam (4-membered cyclic amide) rings is 1. The van der Waals surface area contributed by atoms with E-state index in [1.165, 1.54) is 28.9 Å². The third-order valence-electron chi connectivity index (χ3n) is 5.26. The van der Waals surface area contributed by atoms with Crippen LogP contribution in [0.3, 0.4) is 0 Å². The number of rotatable bonds is 7. The highest BCUT2D eigenvalue weighted by Gasteiger charge is 2.54. The number of carboxylic acids is 1. The van der Waals surface area contributed by atoms with Gasteiger partial charge in [0, 0.05) is 23.4 Å². The molecule has 2 atom stereocenters. The monoisotopic (exact) mass is 544 g/mol. The second-order valence-corrected chi connectivity index (χ2v) is 10.3. The molecule has 1 fully saturated rings. The van der Waals surface area contributed by atoms with Crippen LogP contribution in [-0.2, 0) is 14.4 Å². The number of amides is 2. The molecule has 16 heteroatoms. The van der Waals surface area contributed by atoms with Gasteiger partial charge in [-0.2, -0.15) is 5.10 Å². The summed E-state index contributed by atoms with van der Waals surface area (Å²) in [5, 5.41) is 32.1. The molecule has 2 aliphatic heterocycles. The van der Waals surface area contributed by atoms with E-state index in [0.717, 1.165) is 16.2 Å². The molecule has 0 aliphatic carbocycles. The standard InChI is InChI=1S/C20H16N8O5S3/c21-20-23-10(8-36-20)13(26-33)16(29)25-14-17(30)28-15(19(31)32)9(7-35-18(14)28)3-6-34-12-2-5-27-11(24-12)1-4-22-27/h1-6,8,14,18,33H,7H2,(H2,21,23)(H,25,29)(H,31,32)/b6-3+,26-13?/t14-,18-/m1/s1. The Bertz CT molecular complexity index is 1480. The van der Waals surface area contributed by atoms with Gasteiger partial charge in [-0.1, -0.05) is 16.9 Å². The average molecular weight is 545 g/mol. The van der Waals surface area contributed by atoms with Crippen LogP contribution in [0.25, 0.3) is 5.65 Å². The zero-order valence-corrected chi connectivity index (χ0v) is 20.5. The molecule has 3 aromatic rings. The molecule has 1 saturated heterocycles. The Morgan fingerprint density at radius 2 is 2.17 bits per heavy atom. The first-order chi connectivity index (χ1) is 17.4. The van der Waals surface area contributed by atoms with Crippen molar-refractivity contribution in [2.45, 2.75) is 16.4 Å². The van der Waals surface area contributed by atoms with E-state index in [4.69, 9.17) is 5.73 Å². The number of nitrogen functional groups attached to an aromatic ring is 1. The summed E-state index contributed by atoms with van der Waals surface area (Å²) in [4.78, 5) is 47.0. The van der Waals surface area contributed by atoms with Crippen LogP contribution in [0.4, 0.5) is 5.13 Å². The quantitative estimate of drug-likeness (QED) is 0.0829. The second-order valence-electron chi connectivity index (χ2n) is 7.38. The van der Waals surface area contributed by atoms with Crippen LogP contribution < -0.4 is 11.1 Å². The summed E-state index contributed by atoms with van der Waals surface area (Å²) < 4.78 is 1.63. The molecule has 0 saturated carbocycles. The minimum Gasteiger partial charge on any atom is -0.477 e. The number of oxime groups is 1. The Hall–Kier alpha value is -3.89. The van der Waals surface area contributed by atoms with E-state index in [1.54, 1.807) is 40.5 Å². The zero-order chi connectivity index (χ0) is 25.4. The molecule has 13 nitrogen and oxygen atoms in total. The van der Waals surface area contributed by atoms with Gasteiger partial charge in [-0.25, -0.2) is 19.3 Å². The molecule has 5 rings (SSSR count). The predicted molar refractivity (Wildman–Crippen MR) is 133 cm³/mol. The lowest BCUT2D eigenvalue weighted by molar-refractivity contribution is -0.150. The highest BCUT2D eigenvalue weighted by Crippen LogP contribution is 2.41. The Morgan fingerprint density at radius 3 is 2.89 bits per heavy atom. The van der Waals surface area contributed by atoms with Gasteiger partial charge < -0.3 is 21.4 Å². The van der Waals surface area contributed by atoms with Crippen molar-refractivity contribution < 1.29 is 24.7 Å². The number of nitrogens with one attached hydrogen (secondary N) is 1. The van der Waals surface area contributed by atoms with Crippen molar-refractivity contribution in [2.24, 2.45) is 5.16 Å². The normalized spacial score (nSPS) is 20.1. The Kier molecular flexibility index (Phi) is 6.38. The molecule has 2 aliphatic rings. The molecule has 0 radical (unpaired) electrons. The molecular formula is C20H16N8O5S3. The summed E-state index contributed by atoms with van der Waals surface area (Å²) in [6, 6.07) is 2.56. The molecule has 5 heterocycles. The van der Waals surface area contributed by atoms with Crippen LogP contribution >= 0.6 is 34.9 Å². The van der Waals surface area contributed by atoms with Gasteiger partial charge in [0.2, 0.25) is 0 Å². The van der Waals surface area contributed by atoms with E-state index >= 15 is 0 Å². The first-order valence-corrected chi connectivity index (χ1v) is 13.0. The smallest absolute Gasteiger partial charge is 0.352 e. The van der Waals surface area contributed by atoms with E-state index < -0.39 is 34.9 Å². The highest BCUT2D eigenvalue weighted by molar-refractivity contribution is 8.02. The van der Waals surface area contributed by atoms with Crippen LogP contribution in [-0.4, -0.2) is 75.5 Å². The van der Waals surface area contributed by atoms with Crippen LogP contribution in [0.5, 0.6) is 0 Å². The molecule has 0 bridgehead atoms. The number of fused-ring (bicyclic) bond motifs is 2. The van der Waals surface area contributed by atoms with E-state index in [9.17, 15) is 24.7 Å². The van der Waals surface area contributed by atoms with E-state index in [2.05, 4.69) is 25.5 Å². The SMILES string of the molecule is Nc1nc(C(=NO)C(=O)N[C@@H]2C(=O)N3C(C(=O)O)=C(/C=C/Sc4ccn5nccc5n4)CS[C@H]23)cs1. The predicted octanol–water partition coefficient (Wildman–Crippen LogP) is 0.991. The summed E-state index contributed by atoms with van der Waals surface area (Å²) >= 11 is 3.67. The average Bonchev–Trinajstić information content (AvgIpc) is 3.51. The summed E-state index contributed by atoms with van der Waals surface area (Å²) in [7, 11) is 0. The maximum atomic E-state index is 12.9. The number of thiazole rings is 1. The van der Waals surface area contributed by atoms with Gasteiger partial charge >= 0.3 is 5.97 Å². The number of anilines is 1. The van der Waals surface area contributed by atoms with E-state index in [1.807, 2.05) is 0 Å². The first kappa shape index (κ1) is 23.8. The Morgan fingerprint density at radius 1 is 1.33 bits per heavy atom. The van der Waals surface area contributed by atoms with Gasteiger partial charge in [0.05, 0.1) is 6.20 Å². The van der Waals surface area contributed by atoms with Crippen LogP contribution in [0.15, 0.2) is 62.8 Å². The Labute approximate surface area is 214 Å². The lowest BCUT2D eigenvalue weighted by atomic mass is 10.0. The first-order valence-electron chi connectivity index (χ1n) is 10.2. The van der Waals surface area contributed by atoms with Crippen molar-refractivity contribution in [2.75, 3.05) is 11.5 Å². The maximum Gasteiger partial charge on any atom is 0.352 e. The number of nitrogens with two attached hydrogens (primary N) is 1. The fraction of sp³-hybridized carbons (Fsp3) is 0.150. The molecule has 5 N–H and O–H groups in total. The molecule has 0 spiro atoms. The zero-order valence-electron chi connectivity index (χ0n) is 18.0. The largest absolute Gasteiger partial charge is 0.477 e. The van der Waals surface area contributed by atoms with Crippen LogP contribution in [0, 0.1) is 0 Å².